The van der Waals surface area contributed by atoms with E-state index in [9.17, 15) is 78.7 Å². The van der Waals surface area contributed by atoms with E-state index >= 15 is 24.0 Å². The fraction of sp³-hybridized carbons (Fsp3) is 0.489. The summed E-state index contributed by atoms with van der Waals surface area (Å²) < 4.78 is 68.6. The van der Waals surface area contributed by atoms with Crippen LogP contribution in [-0.2, 0) is 75.6 Å². The average molecular weight is 1840 g/mol. The highest BCUT2D eigenvalue weighted by atomic mass is 35.5. The minimum Gasteiger partial charge on any atom is -0.507 e. The molecule has 39 nitrogen and oxygen atoms in total. The van der Waals surface area contributed by atoms with Crippen LogP contribution in [0.25, 0.3) is 11.1 Å². The summed E-state index contributed by atoms with van der Waals surface area (Å²) in [6.45, 7) is 8.96. The first-order chi connectivity index (χ1) is 61.3. The summed E-state index contributed by atoms with van der Waals surface area (Å²) in [6.07, 6.45) is -12.4. The number of phenolic OH excluding ortho intramolecular Hbond substituents is 3. The van der Waals surface area contributed by atoms with Crippen molar-refractivity contribution in [3.05, 3.63) is 147 Å². The number of hydrogen-bond acceptors (Lipinski definition) is 28. The molecule has 698 valence electrons. The molecule has 8 aliphatic rings. The van der Waals surface area contributed by atoms with Crippen LogP contribution < -0.4 is 77.8 Å². The van der Waals surface area contributed by atoms with Crippen molar-refractivity contribution in [2.45, 2.75) is 245 Å². The molecule has 7 heterocycles. The van der Waals surface area contributed by atoms with Gasteiger partial charge >= 0.3 is 12.0 Å². The Bertz CT molecular complexity index is 5280. The predicted molar refractivity (Wildman–Crippen MR) is 460 cm³/mol. The second kappa shape index (κ2) is 41.8. The van der Waals surface area contributed by atoms with Crippen LogP contribution in [-0.4, -0.2) is 225 Å². The lowest BCUT2D eigenvalue weighted by atomic mass is 9.85. The van der Waals surface area contributed by atoms with Crippen molar-refractivity contribution in [1.29, 1.82) is 0 Å². The zero-order valence-electron chi connectivity index (χ0n) is 71.8. The lowest BCUT2D eigenvalue weighted by Gasteiger charge is -2.48. The molecule has 7 aliphatic heterocycles. The summed E-state index contributed by atoms with van der Waals surface area (Å²) in [4.78, 5) is 133. The van der Waals surface area contributed by atoms with Crippen molar-refractivity contribution in [1.82, 2.24) is 57.9 Å². The molecule has 0 spiro atoms. The largest absolute Gasteiger partial charge is 0.507 e. The molecule has 14 rings (SSSR count). The third-order valence-electron chi connectivity index (χ3n) is 23.5. The Morgan fingerprint density at radius 3 is 2.02 bits per heavy atom. The number of sulfonamides is 1. The zero-order valence-corrected chi connectivity index (χ0v) is 73.4. The summed E-state index contributed by atoms with van der Waals surface area (Å²) in [6, 6.07) is 4.65. The van der Waals surface area contributed by atoms with Crippen LogP contribution in [0.3, 0.4) is 0 Å². The molecule has 3 fully saturated rings. The molecule has 9 amide bonds. The summed E-state index contributed by atoms with van der Waals surface area (Å²) in [7, 11) is -2.43. The maximum Gasteiger partial charge on any atom is 0.330 e. The number of unbranched alkanes of at least 4 members (excludes halogenated alkanes) is 4. The summed E-state index contributed by atoms with van der Waals surface area (Å²) in [5.74, 6) is -16.0. The van der Waals surface area contributed by atoms with E-state index in [1.807, 2.05) is 13.8 Å². The van der Waals surface area contributed by atoms with Crippen LogP contribution in [0.2, 0.25) is 5.02 Å². The first-order valence-corrected chi connectivity index (χ1v) is 44.5. The Balaban J connectivity index is 0.995. The van der Waals surface area contributed by atoms with Gasteiger partial charge in [0.1, 0.15) is 95.6 Å². The molecule has 1 aliphatic carbocycles. The Kier molecular flexibility index (Phi) is 31.4. The van der Waals surface area contributed by atoms with Crippen molar-refractivity contribution in [3.63, 3.8) is 0 Å². The number of aliphatic carboxylic acids is 1. The van der Waals surface area contributed by atoms with Crippen LogP contribution >= 0.6 is 11.6 Å². The van der Waals surface area contributed by atoms with Gasteiger partial charge in [-0.3, -0.25) is 33.6 Å². The van der Waals surface area contributed by atoms with Crippen LogP contribution in [0.1, 0.15) is 180 Å². The van der Waals surface area contributed by atoms with Gasteiger partial charge in [-0.05, 0) is 185 Å². The molecule has 23 N–H and O–H groups in total. The van der Waals surface area contributed by atoms with Gasteiger partial charge in [0.25, 0.3) is 0 Å². The highest BCUT2D eigenvalue weighted by molar-refractivity contribution is 7.89. The number of carbonyl (C=O) groups excluding carboxylic acids is 8. The van der Waals surface area contributed by atoms with E-state index in [1.165, 1.54) is 46.0 Å². The van der Waals surface area contributed by atoms with E-state index in [2.05, 4.69) is 64.8 Å². The molecular formula is C88H111ClN12O27S. The first-order valence-electron chi connectivity index (χ1n) is 42.7. The molecule has 11 bridgehead atoms. The zero-order chi connectivity index (χ0) is 93.4. The maximum absolute atomic E-state index is 16.5. The molecule has 41 heteroatoms. The minimum atomic E-state index is -3.91. The number of aliphatic hydroxyl groups is 6. The van der Waals surface area contributed by atoms with Crippen molar-refractivity contribution in [2.75, 3.05) is 26.7 Å². The molecular weight excluding hydrogens is 1720 g/mol. The smallest absolute Gasteiger partial charge is 0.330 e. The Morgan fingerprint density at radius 1 is 0.705 bits per heavy atom. The molecule has 6 aromatic carbocycles. The number of benzene rings is 6. The highest BCUT2D eigenvalue weighted by Crippen LogP contribution is 2.51. The number of rotatable bonds is 29. The van der Waals surface area contributed by atoms with Crippen LogP contribution in [0.4, 0.5) is 4.79 Å². The number of aryl methyl sites for hydroxylation is 2. The number of amides is 9. The molecule has 1 saturated carbocycles. The van der Waals surface area contributed by atoms with Crippen molar-refractivity contribution < 1.29 is 131 Å². The number of nitrogens with one attached hydrogen (secondary N) is 11. The molecule has 0 aromatic heterocycles. The number of ether oxygens (including phenoxy) is 6. The van der Waals surface area contributed by atoms with Crippen LogP contribution in [0.15, 0.2) is 102 Å². The van der Waals surface area contributed by atoms with E-state index < -0.39 is 265 Å². The predicted octanol–water partition coefficient (Wildman–Crippen LogP) is 3.24. The average Bonchev–Trinajstić information content (AvgIpc) is 1.30. The number of aromatic hydroxyl groups is 3. The van der Waals surface area contributed by atoms with E-state index in [1.54, 1.807) is 24.3 Å². The van der Waals surface area contributed by atoms with Gasteiger partial charge in [-0.25, -0.2) is 22.7 Å². The summed E-state index contributed by atoms with van der Waals surface area (Å²) in [5.41, 5.74) is 2.15. The Morgan fingerprint density at radius 2 is 1.36 bits per heavy atom. The number of carbonyl (C=O) groups is 9. The van der Waals surface area contributed by atoms with Gasteiger partial charge in [-0.1, -0.05) is 82.0 Å². The first kappa shape index (κ1) is 97.0. The fourth-order valence-corrected chi connectivity index (χ4v) is 17.5. The number of halogens is 1. The summed E-state index contributed by atoms with van der Waals surface area (Å²) >= 11 is 7.20. The van der Waals surface area contributed by atoms with E-state index in [0.29, 0.717) is 19.3 Å². The minimum absolute atomic E-state index is 0.00819. The molecule has 2 saturated heterocycles. The maximum atomic E-state index is 16.5. The second-order valence-corrected chi connectivity index (χ2v) is 36.0. The molecule has 18 atom stereocenters. The number of carboxylic acid groups (broad SMARTS) is 1. The second-order valence-electron chi connectivity index (χ2n) is 33.8. The molecule has 6 aromatic rings. The third kappa shape index (κ3) is 22.9. The monoisotopic (exact) mass is 1830 g/mol. The molecule has 0 unspecified atom stereocenters. The van der Waals surface area contributed by atoms with E-state index in [-0.39, 0.29) is 77.2 Å². The quantitative estimate of drug-likeness (QED) is 0.0300. The topological polar surface area (TPSA) is 604 Å². The number of phenols is 3. The number of likely N-dealkylation sites (N-methyl/N-ethyl adjacent to an activating group) is 1. The Labute approximate surface area is 747 Å². The number of hydrogen-bond donors (Lipinski definition) is 22. The van der Waals surface area contributed by atoms with Gasteiger partial charge in [0.15, 0.2) is 29.9 Å². The van der Waals surface area contributed by atoms with Crippen molar-refractivity contribution in [2.24, 2.45) is 11.7 Å². The molecule has 0 radical (unpaired) electrons. The number of nitrogens with two attached hydrogens (primary N) is 1. The highest BCUT2D eigenvalue weighted by Gasteiger charge is 2.53. The van der Waals surface area contributed by atoms with Gasteiger partial charge in [-0.15, -0.1) is 0 Å². The van der Waals surface area contributed by atoms with E-state index in [0.717, 1.165) is 92.3 Å². The molecule has 129 heavy (non-hydrogen) atoms. The van der Waals surface area contributed by atoms with Crippen molar-refractivity contribution >= 4 is 75.0 Å². The van der Waals surface area contributed by atoms with Gasteiger partial charge in [0.05, 0.1) is 46.2 Å². The van der Waals surface area contributed by atoms with Gasteiger partial charge < -0.3 is 138 Å². The fourth-order valence-electron chi connectivity index (χ4n) is 16.2. The standard InChI is InChI=1S/C88H111ClN12O27S/c1-8-9-10-11-14-43-15-22-49(23-16-43)129(121,122)93-28-13-12-27-92-38-52-57(104)35-51-65(73(52)108)50-31-44(17-24-56(50)103)66-81(114)100-70(84(117)98-68(51)85(118)119)72(107)46-19-26-59(53(89)32-46)125-61-34-47-33-60(76(61)128-86-77(75(110)74(109)62(39-102)126-86)127-64-37-88(6,78(111)42(5)123-64)101-87(120)94-48-20-21-48)124-58-25-18-45(30-41(58)4)71(106)69(99-79(112)54(91-7)29-40(2)3)83(116)95-55(36-63(90)105)80(113)96-67(47)82(115)97-66/h15-19,22-26,30-35,40,42,48,54-55,62,64,66-72,74-75,77-78,86,91-93,102-104,106-111H,8-14,20-21,27-29,36-39H2,1-7H3,(H2,90,105)(H,95,116)(H,96,113)(H,97,115)(H,98,117)(H,99,112)(H,100,114)(H,118,119)(H2,94,101,120)/t42-,54+,55-,62+,64-,66+,67+,68-,69+,70-,71+,72+,74+,75-,77+,78+,86-,88-/m0/s1. The van der Waals surface area contributed by atoms with Crippen LogP contribution in [0, 0.1) is 12.8 Å². The van der Waals surface area contributed by atoms with Gasteiger partial charge in [0.2, 0.25) is 63.4 Å². The van der Waals surface area contributed by atoms with Crippen LogP contribution in [0.5, 0.6) is 46.0 Å². The number of aliphatic hydroxyl groups excluding tert-OH is 6. The number of carboxylic acids is 1. The number of fused-ring (bicyclic) bond motifs is 15. The van der Waals surface area contributed by atoms with Gasteiger partial charge in [-0.2, -0.15) is 0 Å². The lowest BCUT2D eigenvalue weighted by molar-refractivity contribution is -0.334. The Hall–Kier alpha value is -11.1. The third-order valence-corrected chi connectivity index (χ3v) is 25.3. The summed E-state index contributed by atoms with van der Waals surface area (Å²) in [5, 5.41) is 145. The van der Waals surface area contributed by atoms with Crippen molar-refractivity contribution in [3.8, 4) is 57.1 Å². The van der Waals surface area contributed by atoms with E-state index in [4.69, 9.17) is 45.8 Å². The number of primary amides is 1. The number of urea groups is 1. The normalized spacial score (nSPS) is 26.2. The lowest BCUT2D eigenvalue weighted by Crippen LogP contribution is -2.67. The van der Waals surface area contributed by atoms with Gasteiger partial charge in [0, 0.05) is 42.2 Å². The SMILES string of the molecule is CCCCCCc1ccc(S(=O)(=O)NCCCCNCc2c(O)cc3c(c2O)-c2cc(ccc2O)[C@H]2NC(=O)[C@@H]4NC(=O)[C@H](CC(N)=O)NC(=O)[C@H](NC(=O)[C@@H](CC(C)C)NC)[C@H](O)c5ccc(c(C)c5)Oc5cc4cc(c5O[C@@H]4O[C@H](CO)[C@@H](O)[C@H](O)[C@H]4O[C@H]4C[C@](C)(NC(=O)NC5CC5)[C@H](O)[C@H](C)O4)Oc4ccc(cc4Cl)[C@@H](O)[C@H](NC2=O)C(=O)N[C@@H]3C(=O)O)cc1.